The van der Waals surface area contributed by atoms with Gasteiger partial charge in [-0.3, -0.25) is 9.29 Å². The Labute approximate surface area is 219 Å². The van der Waals surface area contributed by atoms with Crippen LogP contribution in [-0.2, 0) is 14.8 Å². The monoisotopic (exact) mass is 547 g/mol. The molecular formula is C23H26ClN7O5S. The summed E-state index contributed by atoms with van der Waals surface area (Å²) in [6.45, 7) is 1.47. The van der Waals surface area contributed by atoms with E-state index in [1.807, 2.05) is 0 Å². The third-order valence-corrected chi connectivity index (χ3v) is 8.27. The summed E-state index contributed by atoms with van der Waals surface area (Å²) in [4.78, 5) is 8.22. The van der Waals surface area contributed by atoms with E-state index in [2.05, 4.69) is 31.0 Å². The largest absolute Gasteiger partial charge is 0.494 e. The predicted octanol–water partition coefficient (Wildman–Crippen LogP) is 3.26. The van der Waals surface area contributed by atoms with E-state index in [1.54, 1.807) is 18.2 Å². The Hall–Kier alpha value is -3.47. The third-order valence-electron chi connectivity index (χ3n) is 6.38. The van der Waals surface area contributed by atoms with Crippen LogP contribution in [0.2, 0.25) is 5.02 Å². The van der Waals surface area contributed by atoms with Gasteiger partial charge in [-0.1, -0.05) is 17.7 Å². The summed E-state index contributed by atoms with van der Waals surface area (Å²) in [6, 6.07) is 7.45. The average Bonchev–Trinajstić information content (AvgIpc) is 3.25. The summed E-state index contributed by atoms with van der Waals surface area (Å²) < 4.78 is 47.7. The van der Waals surface area contributed by atoms with Crippen molar-refractivity contribution >= 4 is 27.6 Å². The molecule has 14 heteroatoms. The molecule has 1 fully saturated rings. The SMILES string of the molecule is COc1cccc(OC)c1-n1c(NS(=O)(=O)C(C)C(OC)c2ncc(Cl)cn2)nnc1[C@@H]1CC[C@H]1C#N. The fraction of sp³-hybridized carbons (Fsp3) is 0.435. The first-order valence-corrected chi connectivity index (χ1v) is 13.3. The number of aromatic nitrogens is 5. The van der Waals surface area contributed by atoms with Crippen LogP contribution in [0.1, 0.15) is 43.4 Å². The maximum absolute atomic E-state index is 13.5. The summed E-state index contributed by atoms with van der Waals surface area (Å²) in [5.41, 5.74) is 0.408. The lowest BCUT2D eigenvalue weighted by Gasteiger charge is -2.31. The minimum absolute atomic E-state index is 0.0832. The fourth-order valence-electron chi connectivity index (χ4n) is 4.20. The van der Waals surface area contributed by atoms with Crippen LogP contribution >= 0.6 is 11.6 Å². The van der Waals surface area contributed by atoms with Crippen LogP contribution in [0.3, 0.4) is 0 Å². The zero-order chi connectivity index (χ0) is 26.7. The molecule has 4 atom stereocenters. The second-order valence-corrected chi connectivity index (χ2v) is 10.9. The van der Waals surface area contributed by atoms with E-state index < -0.39 is 21.4 Å². The van der Waals surface area contributed by atoms with Crippen molar-refractivity contribution < 1.29 is 22.6 Å². The minimum Gasteiger partial charge on any atom is -0.494 e. The van der Waals surface area contributed by atoms with Crippen molar-refractivity contribution in [2.75, 3.05) is 26.1 Å². The van der Waals surface area contributed by atoms with Crippen molar-refractivity contribution in [3.63, 3.8) is 0 Å². The van der Waals surface area contributed by atoms with Gasteiger partial charge < -0.3 is 14.2 Å². The second-order valence-electron chi connectivity index (χ2n) is 8.42. The van der Waals surface area contributed by atoms with E-state index in [4.69, 9.17) is 25.8 Å². The maximum atomic E-state index is 13.5. The third kappa shape index (κ3) is 5.04. The van der Waals surface area contributed by atoms with Crippen LogP contribution in [0.15, 0.2) is 30.6 Å². The molecule has 2 heterocycles. The quantitative estimate of drug-likeness (QED) is 0.400. The first kappa shape index (κ1) is 26.6. The number of sulfonamides is 1. The number of benzene rings is 1. The zero-order valence-corrected chi connectivity index (χ0v) is 22.2. The Morgan fingerprint density at radius 2 is 1.78 bits per heavy atom. The number of hydrogen-bond donors (Lipinski definition) is 1. The van der Waals surface area contributed by atoms with Gasteiger partial charge >= 0.3 is 0 Å². The average molecular weight is 548 g/mol. The molecular weight excluding hydrogens is 522 g/mol. The molecule has 1 aliphatic carbocycles. The van der Waals surface area contributed by atoms with E-state index in [1.165, 1.54) is 45.2 Å². The van der Waals surface area contributed by atoms with Crippen LogP contribution in [-0.4, -0.2) is 59.7 Å². The van der Waals surface area contributed by atoms with Crippen LogP contribution < -0.4 is 14.2 Å². The molecule has 0 saturated heterocycles. The van der Waals surface area contributed by atoms with Gasteiger partial charge in [0.05, 0.1) is 31.2 Å². The fourth-order valence-corrected chi connectivity index (χ4v) is 5.43. The summed E-state index contributed by atoms with van der Waals surface area (Å²) in [7, 11) is 0.220. The van der Waals surface area contributed by atoms with Crippen molar-refractivity contribution in [2.45, 2.75) is 37.0 Å². The second kappa shape index (κ2) is 10.9. The molecule has 0 spiro atoms. The molecule has 0 radical (unpaired) electrons. The standard InChI is InChI=1S/C23H26ClN7O5S/c1-13(20(36-4)21-26-11-15(24)12-27-21)37(32,33)30-23-29-28-22(16-9-8-14(16)10-25)31(23)19-17(34-2)6-5-7-18(19)35-3/h5-7,11-14,16,20H,8-9H2,1-4H3,(H,29,30)/t13?,14-,16+,20?/m0/s1. The number of para-hydroxylation sites is 1. The number of halogens is 1. The Balaban J connectivity index is 1.79. The molecule has 1 aromatic carbocycles. The molecule has 12 nitrogen and oxygen atoms in total. The zero-order valence-electron chi connectivity index (χ0n) is 20.6. The van der Waals surface area contributed by atoms with Gasteiger partial charge in [0.15, 0.2) is 5.82 Å². The lowest BCUT2D eigenvalue weighted by molar-refractivity contribution is 0.0950. The minimum atomic E-state index is -4.13. The number of methoxy groups -OCH3 is 3. The molecule has 0 aliphatic heterocycles. The number of anilines is 1. The van der Waals surface area contributed by atoms with Crippen LogP contribution in [0, 0.1) is 17.2 Å². The van der Waals surface area contributed by atoms with E-state index in [-0.39, 0.29) is 23.6 Å². The maximum Gasteiger partial charge on any atom is 0.243 e. The molecule has 0 amide bonds. The van der Waals surface area contributed by atoms with E-state index in [0.29, 0.717) is 40.9 Å². The van der Waals surface area contributed by atoms with Crippen LogP contribution in [0.5, 0.6) is 11.5 Å². The Morgan fingerprint density at radius 3 is 2.30 bits per heavy atom. The van der Waals surface area contributed by atoms with Crippen LogP contribution in [0.25, 0.3) is 5.69 Å². The van der Waals surface area contributed by atoms with E-state index >= 15 is 0 Å². The van der Waals surface area contributed by atoms with E-state index in [0.717, 1.165) is 0 Å². The molecule has 1 aliphatic rings. The molecule has 2 unspecified atom stereocenters. The molecule has 37 heavy (non-hydrogen) atoms. The highest BCUT2D eigenvalue weighted by atomic mass is 35.5. The first-order chi connectivity index (χ1) is 17.7. The number of ether oxygens (including phenoxy) is 3. The van der Waals surface area contributed by atoms with Crippen molar-refractivity contribution in [1.82, 2.24) is 24.7 Å². The number of nitrogens with zero attached hydrogens (tertiary/aromatic N) is 6. The van der Waals surface area contributed by atoms with Gasteiger partial charge in [-0.2, -0.15) is 5.26 Å². The van der Waals surface area contributed by atoms with Crippen molar-refractivity contribution in [2.24, 2.45) is 5.92 Å². The highest BCUT2D eigenvalue weighted by molar-refractivity contribution is 7.93. The lowest BCUT2D eigenvalue weighted by atomic mass is 9.74. The van der Waals surface area contributed by atoms with Crippen molar-refractivity contribution in [1.29, 1.82) is 5.26 Å². The molecule has 4 rings (SSSR count). The molecule has 1 saturated carbocycles. The smallest absolute Gasteiger partial charge is 0.243 e. The first-order valence-electron chi connectivity index (χ1n) is 11.3. The molecule has 196 valence electrons. The Bertz CT molecular complexity index is 1390. The van der Waals surface area contributed by atoms with Gasteiger partial charge in [-0.15, -0.1) is 10.2 Å². The predicted molar refractivity (Wildman–Crippen MR) is 134 cm³/mol. The van der Waals surface area contributed by atoms with Crippen molar-refractivity contribution in [3.8, 4) is 23.3 Å². The van der Waals surface area contributed by atoms with E-state index in [9.17, 15) is 13.7 Å². The van der Waals surface area contributed by atoms with Gasteiger partial charge in [0, 0.05) is 25.4 Å². The molecule has 2 aromatic heterocycles. The Kier molecular flexibility index (Phi) is 7.82. The number of hydrogen-bond acceptors (Lipinski definition) is 10. The Morgan fingerprint density at radius 1 is 1.14 bits per heavy atom. The molecule has 0 bridgehead atoms. The summed E-state index contributed by atoms with van der Waals surface area (Å²) in [5, 5.41) is 17.2. The van der Waals surface area contributed by atoms with Gasteiger partial charge in [0.25, 0.3) is 0 Å². The number of nitrogens with one attached hydrogen (secondary N) is 1. The summed E-state index contributed by atoms with van der Waals surface area (Å²) in [5.74, 6) is 0.807. The normalized spacial score (nSPS) is 18.8. The topological polar surface area (TPSA) is 154 Å². The molecule has 3 aromatic rings. The van der Waals surface area contributed by atoms with Gasteiger partial charge in [-0.25, -0.2) is 18.4 Å². The van der Waals surface area contributed by atoms with Gasteiger partial charge in [0.1, 0.15) is 34.4 Å². The highest BCUT2D eigenvalue weighted by Crippen LogP contribution is 2.45. The summed E-state index contributed by atoms with van der Waals surface area (Å²) >= 11 is 5.87. The number of rotatable bonds is 10. The highest BCUT2D eigenvalue weighted by Gasteiger charge is 2.39. The molecule has 1 N–H and O–H groups in total. The van der Waals surface area contributed by atoms with Gasteiger partial charge in [0.2, 0.25) is 16.0 Å². The summed E-state index contributed by atoms with van der Waals surface area (Å²) in [6.07, 6.45) is 3.15. The lowest BCUT2D eigenvalue weighted by Crippen LogP contribution is -2.33. The van der Waals surface area contributed by atoms with Crippen molar-refractivity contribution in [3.05, 3.63) is 47.3 Å². The van der Waals surface area contributed by atoms with Crippen LogP contribution in [0.4, 0.5) is 5.95 Å². The number of nitriles is 1. The van der Waals surface area contributed by atoms with Gasteiger partial charge in [-0.05, 0) is 31.9 Å².